The highest BCUT2D eigenvalue weighted by Crippen LogP contribution is 2.32. The monoisotopic (exact) mass is 240 g/mol. The Morgan fingerprint density at radius 2 is 2.18 bits per heavy atom. The molecule has 17 heavy (non-hydrogen) atoms. The Labute approximate surface area is 99.2 Å². The average Bonchev–Trinajstić information content (AvgIpc) is 2.25. The molecule has 4 N–H and O–H groups in total. The number of carbonyl (C=O) groups excluding carboxylic acids is 1. The Kier molecular flexibility index (Phi) is 4.30. The van der Waals surface area contributed by atoms with E-state index in [4.69, 9.17) is 11.0 Å². The van der Waals surface area contributed by atoms with E-state index >= 15 is 0 Å². The molecule has 0 unspecified atom stereocenters. The van der Waals surface area contributed by atoms with Crippen LogP contribution < -0.4 is 15.9 Å². The molecular weight excluding hydrogens is 224 g/mol. The van der Waals surface area contributed by atoms with Gasteiger partial charge < -0.3 is 15.9 Å². The molecule has 0 aliphatic heterocycles. The summed E-state index contributed by atoms with van der Waals surface area (Å²) < 4.78 is 0. The number of hydrogen-bond donors (Lipinski definition) is 3. The maximum Gasteiger partial charge on any atom is 0.251 e. The zero-order valence-corrected chi connectivity index (χ0v) is 10.0. The lowest BCUT2D eigenvalue weighted by Crippen LogP contribution is -2.17. The summed E-state index contributed by atoms with van der Waals surface area (Å²) in [6.45, 7) is 5.99. The molecule has 0 heterocycles. The Morgan fingerprint density at radius 3 is 2.65 bits per heavy atom. The van der Waals surface area contributed by atoms with E-state index in [2.05, 4.69) is 15.2 Å². The van der Waals surface area contributed by atoms with Gasteiger partial charge in [0.2, 0.25) is 0 Å². The Bertz CT molecular complexity index is 432. The highest BCUT2D eigenvalue weighted by Gasteiger charge is 2.18. The van der Waals surface area contributed by atoms with Gasteiger partial charge in [0.05, 0.1) is 11.3 Å². The fourth-order valence-electron chi connectivity index (χ4n) is 1.73. The first-order chi connectivity index (χ1) is 8.02. The second-order valence-corrected chi connectivity index (χ2v) is 3.62. The second-order valence-electron chi connectivity index (χ2n) is 3.62. The molecule has 94 valence electrons. The minimum Gasteiger partial charge on any atom is -0.384 e. The zero-order chi connectivity index (χ0) is 13.0. The van der Waals surface area contributed by atoms with Crippen molar-refractivity contribution in [2.75, 3.05) is 11.9 Å². The standard InChI is InChI=1S/C11H16N2O4/c1-4-13-10-7(3)8(16-17-15)5-6(2)9(10)11(12)14/h5,13,15H,4H2,1-3H3,(H2,12,14). The summed E-state index contributed by atoms with van der Waals surface area (Å²) >= 11 is 0. The predicted molar refractivity (Wildman–Crippen MR) is 62.9 cm³/mol. The molecule has 0 atom stereocenters. The number of hydrogen-bond acceptors (Lipinski definition) is 5. The molecule has 0 aliphatic rings. The van der Waals surface area contributed by atoms with Crippen molar-refractivity contribution in [2.45, 2.75) is 20.8 Å². The third kappa shape index (κ3) is 2.66. The third-order valence-electron chi connectivity index (χ3n) is 2.46. The molecule has 0 aliphatic carbocycles. The van der Waals surface area contributed by atoms with Crippen molar-refractivity contribution in [3.05, 3.63) is 22.8 Å². The van der Waals surface area contributed by atoms with E-state index in [9.17, 15) is 4.79 Å². The smallest absolute Gasteiger partial charge is 0.251 e. The van der Waals surface area contributed by atoms with Gasteiger partial charge in [-0.2, -0.15) is 0 Å². The fraction of sp³-hybridized carbons (Fsp3) is 0.364. The van der Waals surface area contributed by atoms with Crippen LogP contribution in [0.2, 0.25) is 0 Å². The molecule has 1 amide bonds. The lowest BCUT2D eigenvalue weighted by atomic mass is 10.0. The number of aryl methyl sites for hydroxylation is 1. The average molecular weight is 240 g/mol. The zero-order valence-electron chi connectivity index (χ0n) is 10.0. The van der Waals surface area contributed by atoms with Crippen LogP contribution >= 0.6 is 0 Å². The van der Waals surface area contributed by atoms with Gasteiger partial charge in [-0.25, -0.2) is 5.26 Å². The molecule has 0 bridgehead atoms. The van der Waals surface area contributed by atoms with Gasteiger partial charge in [-0.15, -0.1) is 0 Å². The number of rotatable bonds is 5. The molecule has 0 radical (unpaired) electrons. The van der Waals surface area contributed by atoms with Crippen LogP contribution in [0.25, 0.3) is 0 Å². The maximum atomic E-state index is 11.4. The van der Waals surface area contributed by atoms with E-state index in [1.807, 2.05) is 6.92 Å². The quantitative estimate of drug-likeness (QED) is 0.537. The van der Waals surface area contributed by atoms with Gasteiger partial charge in [0.25, 0.3) is 5.91 Å². The van der Waals surface area contributed by atoms with E-state index in [1.54, 1.807) is 19.9 Å². The summed E-state index contributed by atoms with van der Waals surface area (Å²) in [6.07, 6.45) is 0. The summed E-state index contributed by atoms with van der Waals surface area (Å²) in [6, 6.07) is 1.58. The minimum atomic E-state index is -0.516. The highest BCUT2D eigenvalue weighted by molar-refractivity contribution is 6.01. The van der Waals surface area contributed by atoms with Crippen molar-refractivity contribution in [3.8, 4) is 5.75 Å². The van der Waals surface area contributed by atoms with Crippen molar-refractivity contribution in [3.63, 3.8) is 0 Å². The van der Waals surface area contributed by atoms with Crippen LogP contribution in [0, 0.1) is 13.8 Å². The van der Waals surface area contributed by atoms with Gasteiger partial charge in [-0.1, -0.05) is 0 Å². The van der Waals surface area contributed by atoms with Gasteiger partial charge in [0, 0.05) is 12.1 Å². The van der Waals surface area contributed by atoms with Gasteiger partial charge in [0.1, 0.15) is 0 Å². The molecule has 6 nitrogen and oxygen atoms in total. The SMILES string of the molecule is CCNc1c(C)c(OOO)cc(C)c1C(N)=O. The first kappa shape index (κ1) is 13.3. The molecule has 0 fully saturated rings. The number of carbonyl (C=O) groups is 1. The van der Waals surface area contributed by atoms with Crippen LogP contribution in [0.3, 0.4) is 0 Å². The van der Waals surface area contributed by atoms with Gasteiger partial charge in [0.15, 0.2) is 5.75 Å². The summed E-state index contributed by atoms with van der Waals surface area (Å²) in [4.78, 5) is 16.0. The van der Waals surface area contributed by atoms with E-state index in [0.717, 1.165) is 0 Å². The highest BCUT2D eigenvalue weighted by atomic mass is 17.5. The normalized spacial score (nSPS) is 10.1. The first-order valence-corrected chi connectivity index (χ1v) is 5.18. The molecule has 1 aromatic rings. The number of primary amides is 1. The van der Waals surface area contributed by atoms with Crippen molar-refractivity contribution in [1.29, 1.82) is 0 Å². The van der Waals surface area contributed by atoms with Crippen molar-refractivity contribution in [2.24, 2.45) is 5.73 Å². The Hall–Kier alpha value is -1.79. The molecule has 0 aromatic heterocycles. The lowest BCUT2D eigenvalue weighted by Gasteiger charge is -2.16. The van der Waals surface area contributed by atoms with Gasteiger partial charge in [-0.3, -0.25) is 4.79 Å². The summed E-state index contributed by atoms with van der Waals surface area (Å²) in [5.74, 6) is -0.191. The van der Waals surface area contributed by atoms with E-state index < -0.39 is 5.91 Å². The van der Waals surface area contributed by atoms with E-state index in [0.29, 0.717) is 34.7 Å². The van der Waals surface area contributed by atoms with Crippen LogP contribution in [-0.2, 0) is 5.04 Å². The number of nitrogens with one attached hydrogen (secondary N) is 1. The number of amides is 1. The van der Waals surface area contributed by atoms with Crippen molar-refractivity contribution < 1.29 is 20.0 Å². The van der Waals surface area contributed by atoms with Crippen LogP contribution in [0.4, 0.5) is 5.69 Å². The summed E-state index contributed by atoms with van der Waals surface area (Å²) in [7, 11) is 0. The topological polar surface area (TPSA) is 93.8 Å². The lowest BCUT2D eigenvalue weighted by molar-refractivity contribution is -0.439. The molecule has 0 saturated carbocycles. The number of anilines is 1. The predicted octanol–water partition coefficient (Wildman–Crippen LogP) is 1.62. The third-order valence-corrected chi connectivity index (χ3v) is 2.46. The second kappa shape index (κ2) is 5.51. The Balaban J connectivity index is 3.41. The van der Waals surface area contributed by atoms with E-state index in [1.165, 1.54) is 0 Å². The Morgan fingerprint density at radius 1 is 1.53 bits per heavy atom. The summed E-state index contributed by atoms with van der Waals surface area (Å²) in [5.41, 5.74) is 7.62. The van der Waals surface area contributed by atoms with Gasteiger partial charge >= 0.3 is 0 Å². The molecule has 0 saturated heterocycles. The first-order valence-electron chi connectivity index (χ1n) is 5.18. The minimum absolute atomic E-state index is 0.325. The number of benzene rings is 1. The van der Waals surface area contributed by atoms with Gasteiger partial charge in [-0.05, 0) is 37.4 Å². The van der Waals surface area contributed by atoms with Crippen molar-refractivity contribution >= 4 is 11.6 Å². The molecular formula is C11H16N2O4. The molecule has 1 aromatic carbocycles. The largest absolute Gasteiger partial charge is 0.384 e. The van der Waals surface area contributed by atoms with Crippen LogP contribution in [-0.4, -0.2) is 17.7 Å². The van der Waals surface area contributed by atoms with Crippen LogP contribution in [0.5, 0.6) is 5.75 Å². The molecule has 6 heteroatoms. The number of nitrogens with two attached hydrogens (primary N) is 1. The van der Waals surface area contributed by atoms with Crippen LogP contribution in [0.15, 0.2) is 6.07 Å². The maximum absolute atomic E-state index is 11.4. The van der Waals surface area contributed by atoms with Crippen molar-refractivity contribution in [1.82, 2.24) is 0 Å². The fourth-order valence-corrected chi connectivity index (χ4v) is 1.73. The summed E-state index contributed by atoms with van der Waals surface area (Å²) in [5, 5.41) is 15.0. The van der Waals surface area contributed by atoms with E-state index in [-0.39, 0.29) is 0 Å². The molecule has 0 spiro atoms. The van der Waals surface area contributed by atoms with Crippen LogP contribution in [0.1, 0.15) is 28.4 Å². The molecule has 1 rings (SSSR count).